The molecule has 9 heteroatoms. The highest BCUT2D eigenvalue weighted by molar-refractivity contribution is 6.34. The highest BCUT2D eigenvalue weighted by atomic mass is 35.5. The van der Waals surface area contributed by atoms with Gasteiger partial charge in [-0.15, -0.1) is 0 Å². The van der Waals surface area contributed by atoms with E-state index in [1.54, 1.807) is 51.4 Å². The first-order chi connectivity index (χ1) is 14.2. The quantitative estimate of drug-likeness (QED) is 0.674. The molecule has 2 aromatic carbocycles. The van der Waals surface area contributed by atoms with Crippen LogP contribution in [0.25, 0.3) is 10.9 Å². The summed E-state index contributed by atoms with van der Waals surface area (Å²) in [6.07, 6.45) is 0. The number of carbonyl (C=O) groups is 2. The number of para-hydroxylation sites is 1. The Morgan fingerprint density at radius 2 is 1.77 bits per heavy atom. The van der Waals surface area contributed by atoms with E-state index in [-0.39, 0.29) is 35.1 Å². The summed E-state index contributed by atoms with van der Waals surface area (Å²) in [5, 5.41) is 3.31. The first kappa shape index (κ1) is 21.3. The number of hydrogen-bond acceptors (Lipinski definition) is 4. The van der Waals surface area contributed by atoms with Crippen molar-refractivity contribution in [2.24, 2.45) is 0 Å². The first-order valence-electron chi connectivity index (χ1n) is 9.28. The lowest BCUT2D eigenvalue weighted by Crippen LogP contribution is -2.41. The highest BCUT2D eigenvalue weighted by Crippen LogP contribution is 2.22. The van der Waals surface area contributed by atoms with Crippen molar-refractivity contribution in [1.29, 1.82) is 0 Å². The molecule has 156 valence electrons. The van der Waals surface area contributed by atoms with Crippen LogP contribution in [0.4, 0.5) is 5.69 Å². The number of nitrogens with one attached hydrogen (secondary N) is 1. The molecule has 1 heterocycles. The van der Waals surface area contributed by atoms with Gasteiger partial charge in [0.1, 0.15) is 6.54 Å². The molecule has 8 nitrogen and oxygen atoms in total. The molecule has 0 spiro atoms. The van der Waals surface area contributed by atoms with Gasteiger partial charge in [-0.05, 0) is 37.3 Å². The van der Waals surface area contributed by atoms with Crippen LogP contribution in [0.5, 0.6) is 0 Å². The Bertz CT molecular complexity index is 1260. The number of nitrogens with zero attached hydrogens (tertiary/aromatic N) is 3. The van der Waals surface area contributed by atoms with Gasteiger partial charge in [-0.2, -0.15) is 0 Å². The molecular formula is C21H21ClN4O4. The SMILES string of the molecule is CCn1c(=O)c2ccccc2n(CC(=O)Nc2ccc(Cl)c(C(=O)N(C)C)c2)c1=O. The van der Waals surface area contributed by atoms with Crippen LogP contribution in [0.15, 0.2) is 52.1 Å². The lowest BCUT2D eigenvalue weighted by atomic mass is 10.1. The number of amides is 2. The average Bonchev–Trinajstić information content (AvgIpc) is 2.72. The third kappa shape index (κ3) is 3.99. The van der Waals surface area contributed by atoms with Gasteiger partial charge in [0.05, 0.1) is 21.5 Å². The van der Waals surface area contributed by atoms with Crippen molar-refractivity contribution >= 4 is 40.0 Å². The fourth-order valence-corrected chi connectivity index (χ4v) is 3.35. The number of benzene rings is 2. The smallest absolute Gasteiger partial charge is 0.331 e. The normalized spacial score (nSPS) is 10.8. The van der Waals surface area contributed by atoms with Crippen molar-refractivity contribution in [3.8, 4) is 0 Å². The second kappa shape index (κ2) is 8.54. The van der Waals surface area contributed by atoms with Gasteiger partial charge in [-0.25, -0.2) is 4.79 Å². The molecule has 0 aliphatic heterocycles. The fourth-order valence-electron chi connectivity index (χ4n) is 3.15. The van der Waals surface area contributed by atoms with Crippen molar-refractivity contribution in [2.45, 2.75) is 20.0 Å². The number of carbonyl (C=O) groups excluding carboxylic acids is 2. The van der Waals surface area contributed by atoms with Crippen LogP contribution in [0.1, 0.15) is 17.3 Å². The molecule has 0 aliphatic rings. The van der Waals surface area contributed by atoms with Crippen molar-refractivity contribution in [3.05, 3.63) is 73.9 Å². The number of aromatic nitrogens is 2. The molecule has 0 fully saturated rings. The van der Waals surface area contributed by atoms with Crippen LogP contribution >= 0.6 is 11.6 Å². The lowest BCUT2D eigenvalue weighted by Gasteiger charge is -2.15. The minimum absolute atomic E-state index is 0.192. The van der Waals surface area contributed by atoms with Gasteiger partial charge < -0.3 is 10.2 Å². The molecule has 0 unspecified atom stereocenters. The third-order valence-electron chi connectivity index (χ3n) is 4.64. The standard InChI is InChI=1S/C21H21ClN4O4/c1-4-25-20(29)14-7-5-6-8-17(14)26(21(25)30)12-18(27)23-13-9-10-16(22)15(11-13)19(28)24(2)3/h5-11H,4,12H2,1-3H3,(H,23,27). The summed E-state index contributed by atoms with van der Waals surface area (Å²) in [4.78, 5) is 51.6. The molecule has 0 saturated heterocycles. The molecule has 3 aromatic rings. The van der Waals surface area contributed by atoms with E-state index in [0.29, 0.717) is 16.6 Å². The summed E-state index contributed by atoms with van der Waals surface area (Å²) in [6, 6.07) is 11.2. The molecule has 30 heavy (non-hydrogen) atoms. The number of hydrogen-bond donors (Lipinski definition) is 1. The number of anilines is 1. The van der Waals surface area contributed by atoms with Crippen LogP contribution < -0.4 is 16.6 Å². The molecule has 3 rings (SSSR count). The van der Waals surface area contributed by atoms with Crippen LogP contribution in [-0.2, 0) is 17.9 Å². The van der Waals surface area contributed by atoms with Crippen molar-refractivity contribution in [3.63, 3.8) is 0 Å². The van der Waals surface area contributed by atoms with Gasteiger partial charge in [0.25, 0.3) is 11.5 Å². The van der Waals surface area contributed by atoms with Crippen molar-refractivity contribution in [2.75, 3.05) is 19.4 Å². The van der Waals surface area contributed by atoms with E-state index in [0.717, 1.165) is 4.57 Å². The summed E-state index contributed by atoms with van der Waals surface area (Å²) in [5.41, 5.74) is 0.0551. The second-order valence-electron chi connectivity index (χ2n) is 6.88. The topological polar surface area (TPSA) is 93.4 Å². The van der Waals surface area contributed by atoms with E-state index in [1.165, 1.54) is 21.6 Å². The van der Waals surface area contributed by atoms with Crippen LogP contribution in [-0.4, -0.2) is 39.9 Å². The predicted octanol–water partition coefficient (Wildman–Crippen LogP) is 2.18. The first-order valence-corrected chi connectivity index (χ1v) is 9.65. The monoisotopic (exact) mass is 428 g/mol. The Kier molecular flexibility index (Phi) is 6.07. The van der Waals surface area contributed by atoms with E-state index in [1.807, 2.05) is 0 Å². The number of fused-ring (bicyclic) bond motifs is 1. The zero-order valence-electron chi connectivity index (χ0n) is 16.8. The summed E-state index contributed by atoms with van der Waals surface area (Å²) in [6.45, 7) is 1.59. The molecule has 0 atom stereocenters. The summed E-state index contributed by atoms with van der Waals surface area (Å²) >= 11 is 6.10. The predicted molar refractivity (Wildman–Crippen MR) is 116 cm³/mol. The summed E-state index contributed by atoms with van der Waals surface area (Å²) in [7, 11) is 3.20. The van der Waals surface area contributed by atoms with Crippen molar-refractivity contribution in [1.82, 2.24) is 14.0 Å². The summed E-state index contributed by atoms with van der Waals surface area (Å²) in [5.74, 6) is -0.775. The second-order valence-corrected chi connectivity index (χ2v) is 7.28. The molecule has 1 aromatic heterocycles. The molecule has 0 bridgehead atoms. The average molecular weight is 429 g/mol. The van der Waals surface area contributed by atoms with Gasteiger partial charge in [0.15, 0.2) is 0 Å². The van der Waals surface area contributed by atoms with Crippen LogP contribution in [0, 0.1) is 0 Å². The van der Waals surface area contributed by atoms with Crippen LogP contribution in [0.3, 0.4) is 0 Å². The van der Waals surface area contributed by atoms with Crippen molar-refractivity contribution < 1.29 is 9.59 Å². The van der Waals surface area contributed by atoms with Gasteiger partial charge >= 0.3 is 5.69 Å². The summed E-state index contributed by atoms with van der Waals surface area (Å²) < 4.78 is 2.35. The molecule has 2 amide bonds. The van der Waals surface area contributed by atoms with Gasteiger partial charge in [0, 0.05) is 26.3 Å². The minimum atomic E-state index is -0.559. The minimum Gasteiger partial charge on any atom is -0.345 e. The Labute approximate surface area is 177 Å². The lowest BCUT2D eigenvalue weighted by molar-refractivity contribution is -0.116. The third-order valence-corrected chi connectivity index (χ3v) is 4.97. The molecule has 0 saturated carbocycles. The maximum atomic E-state index is 12.8. The molecule has 1 N–H and O–H groups in total. The zero-order valence-corrected chi connectivity index (χ0v) is 17.6. The number of rotatable bonds is 5. The van der Waals surface area contributed by atoms with Gasteiger partial charge in [-0.3, -0.25) is 23.5 Å². The number of halogens is 1. The Balaban J connectivity index is 1.96. The molecule has 0 aliphatic carbocycles. The Morgan fingerprint density at radius 3 is 2.43 bits per heavy atom. The zero-order chi connectivity index (χ0) is 22.0. The highest BCUT2D eigenvalue weighted by Gasteiger charge is 2.16. The van der Waals surface area contributed by atoms with E-state index in [9.17, 15) is 19.2 Å². The van der Waals surface area contributed by atoms with Crippen LogP contribution in [0.2, 0.25) is 5.02 Å². The fraction of sp³-hybridized carbons (Fsp3) is 0.238. The van der Waals surface area contributed by atoms with Gasteiger partial charge in [-0.1, -0.05) is 23.7 Å². The van der Waals surface area contributed by atoms with E-state index in [4.69, 9.17) is 11.6 Å². The Morgan fingerprint density at radius 1 is 1.07 bits per heavy atom. The maximum Gasteiger partial charge on any atom is 0.331 e. The van der Waals surface area contributed by atoms with E-state index < -0.39 is 11.6 Å². The largest absolute Gasteiger partial charge is 0.345 e. The van der Waals surface area contributed by atoms with Gasteiger partial charge in [0.2, 0.25) is 5.91 Å². The van der Waals surface area contributed by atoms with E-state index >= 15 is 0 Å². The Hall–Kier alpha value is -3.39. The van der Waals surface area contributed by atoms with E-state index in [2.05, 4.69) is 5.32 Å². The molecular weight excluding hydrogens is 408 g/mol. The maximum absolute atomic E-state index is 12.8. The molecule has 0 radical (unpaired) electrons.